The molecule has 2 aliphatic rings. The van der Waals surface area contributed by atoms with Gasteiger partial charge >= 0.3 is 6.03 Å². The van der Waals surface area contributed by atoms with Gasteiger partial charge in [-0.2, -0.15) is 0 Å². The Hall–Kier alpha value is -3.02. The van der Waals surface area contributed by atoms with Crippen LogP contribution in [0.15, 0.2) is 36.4 Å². The molecule has 1 fully saturated rings. The first-order chi connectivity index (χ1) is 14.5. The summed E-state index contributed by atoms with van der Waals surface area (Å²) >= 11 is 0. The molecule has 0 saturated heterocycles. The number of aryl methyl sites for hydroxylation is 3. The van der Waals surface area contributed by atoms with Crippen LogP contribution in [0.5, 0.6) is 5.75 Å². The Morgan fingerprint density at radius 3 is 2.70 bits per heavy atom. The molecule has 6 nitrogen and oxygen atoms in total. The molecule has 30 heavy (non-hydrogen) atoms. The number of ether oxygens (including phenoxy) is 1. The lowest BCUT2D eigenvalue weighted by atomic mass is 10.0. The molecule has 3 amide bonds. The van der Waals surface area contributed by atoms with Crippen LogP contribution in [-0.4, -0.2) is 36.0 Å². The molecule has 1 aliphatic heterocycles. The highest BCUT2D eigenvalue weighted by Gasteiger charge is 2.23. The van der Waals surface area contributed by atoms with Crippen molar-refractivity contribution in [3.05, 3.63) is 58.7 Å². The van der Waals surface area contributed by atoms with Crippen molar-refractivity contribution in [2.45, 2.75) is 52.1 Å². The molecule has 1 aliphatic carbocycles. The molecule has 1 heterocycles. The van der Waals surface area contributed by atoms with Crippen LogP contribution in [0.4, 0.5) is 10.5 Å². The minimum atomic E-state index is -0.135. The van der Waals surface area contributed by atoms with Gasteiger partial charge in [0.1, 0.15) is 12.4 Å². The Labute approximate surface area is 177 Å². The molecule has 0 radical (unpaired) electrons. The van der Waals surface area contributed by atoms with Gasteiger partial charge in [0.2, 0.25) is 5.91 Å². The van der Waals surface area contributed by atoms with Gasteiger partial charge in [0.25, 0.3) is 0 Å². The van der Waals surface area contributed by atoms with Crippen LogP contribution in [0.2, 0.25) is 0 Å². The van der Waals surface area contributed by atoms with Gasteiger partial charge < -0.3 is 20.3 Å². The minimum absolute atomic E-state index is 0.109. The van der Waals surface area contributed by atoms with E-state index in [4.69, 9.17) is 4.74 Å². The summed E-state index contributed by atoms with van der Waals surface area (Å²) in [7, 11) is 0. The highest BCUT2D eigenvalue weighted by Crippen LogP contribution is 2.26. The monoisotopic (exact) mass is 407 g/mol. The van der Waals surface area contributed by atoms with Gasteiger partial charge in [0.15, 0.2) is 0 Å². The lowest BCUT2D eigenvalue weighted by molar-refractivity contribution is -0.121. The van der Waals surface area contributed by atoms with Crippen molar-refractivity contribution in [1.82, 2.24) is 10.2 Å². The summed E-state index contributed by atoms with van der Waals surface area (Å²) in [5.74, 6) is 0.917. The second-order valence-corrected chi connectivity index (χ2v) is 8.28. The van der Waals surface area contributed by atoms with Crippen molar-refractivity contribution in [3.8, 4) is 5.75 Å². The zero-order valence-corrected chi connectivity index (χ0v) is 17.7. The number of hydrogen-bond donors (Lipinski definition) is 2. The molecule has 2 aromatic carbocycles. The summed E-state index contributed by atoms with van der Waals surface area (Å²) in [4.78, 5) is 26.6. The van der Waals surface area contributed by atoms with Crippen LogP contribution in [0, 0.1) is 13.8 Å². The molecular formula is C24H29N3O3. The Morgan fingerprint density at radius 2 is 1.93 bits per heavy atom. The summed E-state index contributed by atoms with van der Waals surface area (Å²) in [6.07, 6.45) is 3.36. The van der Waals surface area contributed by atoms with E-state index in [2.05, 4.69) is 23.6 Å². The fourth-order valence-corrected chi connectivity index (χ4v) is 3.58. The van der Waals surface area contributed by atoms with E-state index in [1.165, 1.54) is 5.56 Å². The van der Waals surface area contributed by atoms with Gasteiger partial charge in [0, 0.05) is 23.7 Å². The van der Waals surface area contributed by atoms with Crippen molar-refractivity contribution in [2.75, 3.05) is 18.5 Å². The number of nitrogens with zero attached hydrogens (tertiary/aromatic N) is 1. The molecule has 0 spiro atoms. The summed E-state index contributed by atoms with van der Waals surface area (Å²) in [5.41, 5.74) is 5.20. The second-order valence-electron chi connectivity index (χ2n) is 8.28. The molecule has 158 valence electrons. The van der Waals surface area contributed by atoms with E-state index in [1.807, 2.05) is 37.3 Å². The highest BCUT2D eigenvalue weighted by molar-refractivity contribution is 5.89. The molecule has 4 rings (SSSR count). The molecule has 1 saturated carbocycles. The van der Waals surface area contributed by atoms with Crippen molar-refractivity contribution >= 4 is 17.6 Å². The average molecular weight is 408 g/mol. The van der Waals surface area contributed by atoms with Crippen molar-refractivity contribution in [3.63, 3.8) is 0 Å². The van der Waals surface area contributed by atoms with Gasteiger partial charge in [-0.25, -0.2) is 4.79 Å². The van der Waals surface area contributed by atoms with Crippen LogP contribution < -0.4 is 15.4 Å². The minimum Gasteiger partial charge on any atom is -0.491 e. The number of hydrogen-bond acceptors (Lipinski definition) is 3. The van der Waals surface area contributed by atoms with Crippen molar-refractivity contribution < 1.29 is 14.3 Å². The smallest absolute Gasteiger partial charge is 0.322 e. The predicted molar refractivity (Wildman–Crippen MR) is 117 cm³/mol. The normalized spacial score (nSPS) is 15.6. The quantitative estimate of drug-likeness (QED) is 0.789. The first-order valence-corrected chi connectivity index (χ1v) is 10.6. The molecule has 0 aromatic heterocycles. The Kier molecular flexibility index (Phi) is 5.93. The van der Waals surface area contributed by atoms with Crippen LogP contribution >= 0.6 is 0 Å². The van der Waals surface area contributed by atoms with Crippen LogP contribution in [-0.2, 0) is 17.8 Å². The number of amides is 3. The molecule has 2 N–H and O–H groups in total. The van der Waals surface area contributed by atoms with E-state index < -0.39 is 0 Å². The molecule has 0 atom stereocenters. The standard InChI is InChI=1S/C24H29N3O3/c1-16-3-6-21(13-17(16)2)26-24(29)27-11-12-30-22-9-4-18(14-19(22)15-27)5-10-23(28)25-20-7-8-20/h3-4,6,9,13-14,20H,5,7-8,10-12,15H2,1-2H3,(H,25,28)(H,26,29). The largest absolute Gasteiger partial charge is 0.491 e. The fraction of sp³-hybridized carbons (Fsp3) is 0.417. The number of carbonyl (C=O) groups excluding carboxylic acids is 2. The first-order valence-electron chi connectivity index (χ1n) is 10.6. The van der Waals surface area contributed by atoms with Gasteiger partial charge in [0.05, 0.1) is 13.1 Å². The first kappa shape index (κ1) is 20.3. The zero-order chi connectivity index (χ0) is 21.1. The maximum Gasteiger partial charge on any atom is 0.322 e. The van der Waals surface area contributed by atoms with Crippen LogP contribution in [0.3, 0.4) is 0 Å². The average Bonchev–Trinajstić information content (AvgIpc) is 3.55. The van der Waals surface area contributed by atoms with Crippen LogP contribution in [0.25, 0.3) is 0 Å². The van der Waals surface area contributed by atoms with E-state index >= 15 is 0 Å². The second kappa shape index (κ2) is 8.78. The van der Waals surface area contributed by atoms with E-state index in [9.17, 15) is 9.59 Å². The SMILES string of the molecule is Cc1ccc(NC(=O)N2CCOc3ccc(CCC(=O)NC4CC4)cc3C2)cc1C. The topological polar surface area (TPSA) is 70.7 Å². The van der Waals surface area contributed by atoms with Gasteiger partial charge in [-0.1, -0.05) is 18.2 Å². The number of nitrogens with one attached hydrogen (secondary N) is 2. The maximum atomic E-state index is 12.8. The summed E-state index contributed by atoms with van der Waals surface area (Å²) in [5, 5.41) is 6.02. The third kappa shape index (κ3) is 5.12. The van der Waals surface area contributed by atoms with E-state index in [1.54, 1.807) is 4.90 Å². The third-order valence-corrected chi connectivity index (χ3v) is 5.73. The molecule has 0 unspecified atom stereocenters. The van der Waals surface area contributed by atoms with Gasteiger partial charge in [-0.15, -0.1) is 0 Å². The molecular weight excluding hydrogens is 378 g/mol. The number of urea groups is 1. The summed E-state index contributed by atoms with van der Waals surface area (Å²) < 4.78 is 5.85. The highest BCUT2D eigenvalue weighted by atomic mass is 16.5. The number of benzene rings is 2. The predicted octanol–water partition coefficient (Wildman–Crippen LogP) is 3.94. The van der Waals surface area contributed by atoms with Crippen molar-refractivity contribution in [1.29, 1.82) is 0 Å². The van der Waals surface area contributed by atoms with Gasteiger partial charge in [-0.05, 0) is 68.0 Å². The van der Waals surface area contributed by atoms with Gasteiger partial charge in [-0.3, -0.25) is 4.79 Å². The summed E-state index contributed by atoms with van der Waals surface area (Å²) in [6.45, 7) is 5.54. The Bertz CT molecular complexity index is 953. The fourth-order valence-electron chi connectivity index (χ4n) is 3.58. The number of anilines is 1. The van der Waals surface area contributed by atoms with Crippen molar-refractivity contribution in [2.24, 2.45) is 0 Å². The van der Waals surface area contributed by atoms with E-state index in [-0.39, 0.29) is 11.9 Å². The zero-order valence-electron chi connectivity index (χ0n) is 17.7. The third-order valence-electron chi connectivity index (χ3n) is 5.73. The number of rotatable bonds is 5. The Balaban J connectivity index is 1.40. The lowest BCUT2D eigenvalue weighted by Gasteiger charge is -2.21. The molecule has 0 bridgehead atoms. The lowest BCUT2D eigenvalue weighted by Crippen LogP contribution is -2.36. The van der Waals surface area contributed by atoms with Crippen LogP contribution in [0.1, 0.15) is 41.5 Å². The van der Waals surface area contributed by atoms with E-state index in [0.29, 0.717) is 38.6 Å². The van der Waals surface area contributed by atoms with E-state index in [0.717, 1.165) is 41.0 Å². The maximum absolute atomic E-state index is 12.8. The number of carbonyl (C=O) groups is 2. The molecule has 6 heteroatoms. The molecule has 2 aromatic rings. The summed E-state index contributed by atoms with van der Waals surface area (Å²) in [6, 6.07) is 12.2. The Morgan fingerprint density at radius 1 is 1.10 bits per heavy atom. The number of fused-ring (bicyclic) bond motifs is 1.